The summed E-state index contributed by atoms with van der Waals surface area (Å²) in [6.07, 6.45) is 0.160. The molecular formula is C14H20ClNO2. The molecule has 1 rings (SSSR count). The number of aliphatic carboxylic acids is 1. The molecule has 18 heavy (non-hydrogen) atoms. The van der Waals surface area contributed by atoms with E-state index in [-0.39, 0.29) is 12.5 Å². The Morgan fingerprint density at radius 3 is 2.67 bits per heavy atom. The Kier molecular flexibility index (Phi) is 5.63. The highest BCUT2D eigenvalue weighted by molar-refractivity contribution is 6.31. The van der Waals surface area contributed by atoms with Crippen LogP contribution >= 0.6 is 11.6 Å². The molecule has 0 aliphatic heterocycles. The molecule has 1 unspecified atom stereocenters. The zero-order valence-corrected chi connectivity index (χ0v) is 11.9. The van der Waals surface area contributed by atoms with Crippen LogP contribution < -0.4 is 0 Å². The molecule has 0 saturated heterocycles. The van der Waals surface area contributed by atoms with Crippen LogP contribution in [0.4, 0.5) is 0 Å². The van der Waals surface area contributed by atoms with Crippen LogP contribution in [0.15, 0.2) is 18.2 Å². The highest BCUT2D eigenvalue weighted by atomic mass is 35.5. The molecule has 0 aromatic heterocycles. The van der Waals surface area contributed by atoms with E-state index in [9.17, 15) is 4.79 Å². The van der Waals surface area contributed by atoms with Gasteiger partial charge in [0.2, 0.25) is 0 Å². The quantitative estimate of drug-likeness (QED) is 0.861. The fourth-order valence-corrected chi connectivity index (χ4v) is 2.13. The molecule has 0 heterocycles. The third kappa shape index (κ3) is 4.31. The maximum absolute atomic E-state index is 10.7. The normalized spacial score (nSPS) is 12.7. The average Bonchev–Trinajstić information content (AvgIpc) is 2.29. The van der Waals surface area contributed by atoms with Crippen molar-refractivity contribution in [1.29, 1.82) is 0 Å². The Bertz CT molecular complexity index is 420. The molecular weight excluding hydrogens is 250 g/mol. The van der Waals surface area contributed by atoms with E-state index in [2.05, 4.69) is 4.90 Å². The lowest BCUT2D eigenvalue weighted by atomic mass is 10.1. The minimum atomic E-state index is -0.761. The highest BCUT2D eigenvalue weighted by Gasteiger charge is 2.15. The molecule has 0 saturated carbocycles. The first-order chi connectivity index (χ1) is 8.43. The number of nitrogens with zero attached hydrogens (tertiary/aromatic N) is 1. The van der Waals surface area contributed by atoms with Crippen LogP contribution in [0.5, 0.6) is 0 Å². The van der Waals surface area contributed by atoms with Crippen molar-refractivity contribution in [2.45, 2.75) is 39.8 Å². The molecule has 0 bridgehead atoms. The van der Waals surface area contributed by atoms with Gasteiger partial charge in [0, 0.05) is 17.6 Å². The first-order valence-corrected chi connectivity index (χ1v) is 6.52. The number of hydrogen-bond acceptors (Lipinski definition) is 2. The smallest absolute Gasteiger partial charge is 0.304 e. The predicted molar refractivity (Wildman–Crippen MR) is 74.0 cm³/mol. The Hall–Kier alpha value is -1.06. The van der Waals surface area contributed by atoms with Crippen molar-refractivity contribution in [1.82, 2.24) is 4.90 Å². The van der Waals surface area contributed by atoms with E-state index >= 15 is 0 Å². The minimum absolute atomic E-state index is 0.0209. The van der Waals surface area contributed by atoms with Gasteiger partial charge >= 0.3 is 5.97 Å². The number of aryl methyl sites for hydroxylation is 1. The van der Waals surface area contributed by atoms with E-state index in [1.54, 1.807) is 0 Å². The van der Waals surface area contributed by atoms with Crippen molar-refractivity contribution in [2.24, 2.45) is 0 Å². The summed E-state index contributed by atoms with van der Waals surface area (Å²) in [5.74, 6) is -0.761. The first-order valence-electron chi connectivity index (χ1n) is 6.15. The Morgan fingerprint density at radius 1 is 1.50 bits per heavy atom. The van der Waals surface area contributed by atoms with Gasteiger partial charge in [0.05, 0.1) is 6.42 Å². The van der Waals surface area contributed by atoms with Gasteiger partial charge < -0.3 is 5.11 Å². The molecule has 3 nitrogen and oxygen atoms in total. The lowest BCUT2D eigenvalue weighted by Crippen LogP contribution is -2.34. The maximum Gasteiger partial charge on any atom is 0.304 e. The number of rotatable bonds is 6. The zero-order chi connectivity index (χ0) is 13.7. The average molecular weight is 270 g/mol. The first kappa shape index (κ1) is 15.0. The maximum atomic E-state index is 10.7. The van der Waals surface area contributed by atoms with E-state index in [1.807, 2.05) is 39.0 Å². The van der Waals surface area contributed by atoms with E-state index in [1.165, 1.54) is 0 Å². The van der Waals surface area contributed by atoms with Gasteiger partial charge in [0.15, 0.2) is 0 Å². The Morgan fingerprint density at radius 2 is 2.17 bits per heavy atom. The molecule has 1 aromatic carbocycles. The summed E-state index contributed by atoms with van der Waals surface area (Å²) in [5.41, 5.74) is 2.17. The van der Waals surface area contributed by atoms with Gasteiger partial charge in [-0.25, -0.2) is 0 Å². The summed E-state index contributed by atoms with van der Waals surface area (Å²) < 4.78 is 0. The third-order valence-electron chi connectivity index (χ3n) is 3.12. The van der Waals surface area contributed by atoms with Crippen LogP contribution in [0.25, 0.3) is 0 Å². The minimum Gasteiger partial charge on any atom is -0.481 e. The molecule has 0 fully saturated rings. The second-order valence-electron chi connectivity index (χ2n) is 4.59. The van der Waals surface area contributed by atoms with Gasteiger partial charge in [0.1, 0.15) is 0 Å². The number of carboxylic acids is 1. The second kappa shape index (κ2) is 6.76. The van der Waals surface area contributed by atoms with Gasteiger partial charge in [0.25, 0.3) is 0 Å². The van der Waals surface area contributed by atoms with Gasteiger partial charge in [-0.3, -0.25) is 9.69 Å². The molecule has 0 radical (unpaired) electrons. The van der Waals surface area contributed by atoms with Crippen LogP contribution in [0.1, 0.15) is 31.4 Å². The monoisotopic (exact) mass is 269 g/mol. The molecule has 4 heteroatoms. The van der Waals surface area contributed by atoms with Crippen LogP contribution in [0.2, 0.25) is 5.02 Å². The van der Waals surface area contributed by atoms with Crippen molar-refractivity contribution in [3.05, 3.63) is 34.3 Å². The van der Waals surface area contributed by atoms with Crippen molar-refractivity contribution in [2.75, 3.05) is 6.54 Å². The predicted octanol–water partition coefficient (Wildman–Crippen LogP) is 3.33. The van der Waals surface area contributed by atoms with Gasteiger partial charge in [-0.15, -0.1) is 0 Å². The van der Waals surface area contributed by atoms with Crippen LogP contribution in [0.3, 0.4) is 0 Å². The van der Waals surface area contributed by atoms with Gasteiger partial charge in [-0.05, 0) is 37.6 Å². The van der Waals surface area contributed by atoms with Crippen molar-refractivity contribution >= 4 is 17.6 Å². The number of benzene rings is 1. The lowest BCUT2D eigenvalue weighted by molar-refractivity contribution is -0.138. The summed E-state index contributed by atoms with van der Waals surface area (Å²) in [5, 5.41) is 9.59. The summed E-state index contributed by atoms with van der Waals surface area (Å²) >= 11 is 6.09. The second-order valence-corrected chi connectivity index (χ2v) is 5.00. The molecule has 100 valence electrons. The lowest BCUT2D eigenvalue weighted by Gasteiger charge is -2.26. The number of halogens is 1. The third-order valence-corrected chi connectivity index (χ3v) is 3.53. The summed E-state index contributed by atoms with van der Waals surface area (Å²) in [7, 11) is 0. The summed E-state index contributed by atoms with van der Waals surface area (Å²) in [6.45, 7) is 7.49. The van der Waals surface area contributed by atoms with E-state index < -0.39 is 5.97 Å². The summed E-state index contributed by atoms with van der Waals surface area (Å²) in [6, 6.07) is 6.00. The fourth-order valence-electron chi connectivity index (χ4n) is 1.93. The van der Waals surface area contributed by atoms with Crippen LogP contribution in [-0.2, 0) is 11.3 Å². The van der Waals surface area contributed by atoms with E-state index in [0.29, 0.717) is 0 Å². The molecule has 1 N–H and O–H groups in total. The topological polar surface area (TPSA) is 40.5 Å². The molecule has 0 aliphatic carbocycles. The molecule has 0 amide bonds. The van der Waals surface area contributed by atoms with Crippen molar-refractivity contribution < 1.29 is 9.90 Å². The van der Waals surface area contributed by atoms with E-state index in [0.717, 1.165) is 29.2 Å². The Labute approximate surface area is 113 Å². The summed E-state index contributed by atoms with van der Waals surface area (Å²) in [4.78, 5) is 12.9. The SMILES string of the molecule is CCN(Cc1ccc(C)c(Cl)c1)C(C)CC(=O)O. The fraction of sp³-hybridized carbons (Fsp3) is 0.500. The number of carbonyl (C=O) groups is 1. The number of carboxylic acid groups (broad SMARTS) is 1. The van der Waals surface area contributed by atoms with E-state index in [4.69, 9.17) is 16.7 Å². The molecule has 1 atom stereocenters. The Balaban J connectivity index is 2.72. The molecule has 0 spiro atoms. The zero-order valence-electron chi connectivity index (χ0n) is 11.1. The van der Waals surface area contributed by atoms with Crippen LogP contribution in [0, 0.1) is 6.92 Å². The van der Waals surface area contributed by atoms with Crippen molar-refractivity contribution in [3.63, 3.8) is 0 Å². The molecule has 1 aromatic rings. The highest BCUT2D eigenvalue weighted by Crippen LogP contribution is 2.19. The number of hydrogen-bond donors (Lipinski definition) is 1. The standard InChI is InChI=1S/C14H20ClNO2/c1-4-16(11(3)7-14(17)18)9-12-6-5-10(2)13(15)8-12/h5-6,8,11H,4,7,9H2,1-3H3,(H,17,18). The van der Waals surface area contributed by atoms with Gasteiger partial charge in [-0.1, -0.05) is 30.7 Å². The largest absolute Gasteiger partial charge is 0.481 e. The van der Waals surface area contributed by atoms with Crippen LogP contribution in [-0.4, -0.2) is 28.6 Å². The van der Waals surface area contributed by atoms with Gasteiger partial charge in [-0.2, -0.15) is 0 Å². The molecule has 0 aliphatic rings. The van der Waals surface area contributed by atoms with Crippen molar-refractivity contribution in [3.8, 4) is 0 Å².